The van der Waals surface area contributed by atoms with E-state index in [0.29, 0.717) is 37.1 Å². The fourth-order valence-electron chi connectivity index (χ4n) is 2.73. The van der Waals surface area contributed by atoms with E-state index in [-0.39, 0.29) is 12.2 Å². The van der Waals surface area contributed by atoms with Crippen LogP contribution in [0.5, 0.6) is 5.75 Å². The minimum atomic E-state index is -0.520. The number of amides is 1. The molecule has 3 rings (SSSR count). The maximum absolute atomic E-state index is 12.2. The third-order valence-corrected chi connectivity index (χ3v) is 4.08. The first kappa shape index (κ1) is 18.7. The Bertz CT molecular complexity index is 791. The summed E-state index contributed by atoms with van der Waals surface area (Å²) in [7, 11) is 0. The van der Waals surface area contributed by atoms with E-state index in [1.807, 2.05) is 32.9 Å². The van der Waals surface area contributed by atoms with E-state index >= 15 is 0 Å². The normalized spacial score (nSPS) is 18.0. The predicted octanol–water partition coefficient (Wildman–Crippen LogP) is 3.90. The van der Waals surface area contributed by atoms with E-state index in [9.17, 15) is 4.79 Å². The van der Waals surface area contributed by atoms with Gasteiger partial charge in [-0.2, -0.15) is 0 Å². The Morgan fingerprint density at radius 2 is 2.23 bits per heavy atom. The molecule has 1 aliphatic rings. The van der Waals surface area contributed by atoms with Gasteiger partial charge in [0.15, 0.2) is 0 Å². The minimum Gasteiger partial charge on any atom is -0.490 e. The van der Waals surface area contributed by atoms with Crippen molar-refractivity contribution in [2.75, 3.05) is 26.3 Å². The minimum absolute atomic E-state index is 0.234. The highest BCUT2D eigenvalue weighted by molar-refractivity contribution is 6.31. The Morgan fingerprint density at radius 1 is 1.42 bits per heavy atom. The molecule has 2 heterocycles. The van der Waals surface area contributed by atoms with E-state index in [2.05, 4.69) is 4.98 Å². The molecule has 1 saturated heterocycles. The number of rotatable bonds is 3. The van der Waals surface area contributed by atoms with Crippen molar-refractivity contribution in [2.45, 2.75) is 32.5 Å². The highest BCUT2D eigenvalue weighted by atomic mass is 35.5. The predicted molar refractivity (Wildman–Crippen MR) is 99.8 cm³/mol. The molecule has 1 aliphatic heterocycles. The third kappa shape index (κ3) is 4.77. The molecular weight excluding hydrogens is 356 g/mol. The number of aromatic nitrogens is 1. The average Bonchev–Trinajstić information content (AvgIpc) is 2.58. The smallest absolute Gasteiger partial charge is 0.410 e. The molecule has 0 N–H and O–H groups in total. The molecular formula is C19H23ClN2O4. The van der Waals surface area contributed by atoms with Gasteiger partial charge in [0.1, 0.15) is 24.1 Å². The number of carbonyl (C=O) groups excluding carboxylic acids is 1. The Morgan fingerprint density at radius 3 is 3.00 bits per heavy atom. The number of morpholine rings is 1. The summed E-state index contributed by atoms with van der Waals surface area (Å²) >= 11 is 6.15. The molecule has 1 fully saturated rings. The summed E-state index contributed by atoms with van der Waals surface area (Å²) < 4.78 is 17.1. The lowest BCUT2D eigenvalue weighted by Crippen LogP contribution is -2.49. The first-order chi connectivity index (χ1) is 12.3. The number of fused-ring (bicyclic) bond motifs is 1. The standard InChI is InChI=1S/C19H23ClN2O4/c1-19(2,3)26-18(23)22-7-8-24-14(11-22)12-25-17-10-13(20)9-16-15(17)5-4-6-21-16/h4-6,9-10,14H,7-8,11-12H2,1-3H3/t14-/m0/s1. The van der Waals surface area contributed by atoms with Crippen LogP contribution in [-0.2, 0) is 9.47 Å². The van der Waals surface area contributed by atoms with Crippen LogP contribution in [0.15, 0.2) is 30.5 Å². The fraction of sp³-hybridized carbons (Fsp3) is 0.474. The summed E-state index contributed by atoms with van der Waals surface area (Å²) in [5, 5.41) is 1.45. The van der Waals surface area contributed by atoms with Crippen LogP contribution in [0, 0.1) is 0 Å². The van der Waals surface area contributed by atoms with Crippen molar-refractivity contribution < 1.29 is 19.0 Å². The molecule has 1 atom stereocenters. The summed E-state index contributed by atoms with van der Waals surface area (Å²) in [5.74, 6) is 0.651. The molecule has 140 valence electrons. The molecule has 0 unspecified atom stereocenters. The summed E-state index contributed by atoms with van der Waals surface area (Å²) in [5.41, 5.74) is 0.253. The first-order valence-electron chi connectivity index (χ1n) is 8.58. The number of halogens is 1. The molecule has 0 radical (unpaired) electrons. The second kappa shape index (κ2) is 7.68. The number of hydrogen-bond acceptors (Lipinski definition) is 5. The largest absolute Gasteiger partial charge is 0.490 e. The highest BCUT2D eigenvalue weighted by Gasteiger charge is 2.28. The first-order valence-corrected chi connectivity index (χ1v) is 8.96. The van der Waals surface area contributed by atoms with E-state index in [1.165, 1.54) is 0 Å². The van der Waals surface area contributed by atoms with Gasteiger partial charge >= 0.3 is 6.09 Å². The van der Waals surface area contributed by atoms with Crippen molar-refractivity contribution in [1.82, 2.24) is 9.88 Å². The molecule has 0 bridgehead atoms. The lowest BCUT2D eigenvalue weighted by atomic mass is 10.2. The number of nitrogens with zero attached hydrogens (tertiary/aromatic N) is 2. The van der Waals surface area contributed by atoms with Gasteiger partial charge in [-0.05, 0) is 45.0 Å². The number of carbonyl (C=O) groups is 1. The Labute approximate surface area is 158 Å². The van der Waals surface area contributed by atoms with Gasteiger partial charge in [-0.3, -0.25) is 4.98 Å². The Kier molecular flexibility index (Phi) is 5.53. The molecule has 0 aliphatic carbocycles. The van der Waals surface area contributed by atoms with Gasteiger partial charge in [-0.1, -0.05) is 11.6 Å². The number of hydrogen-bond donors (Lipinski definition) is 0. The SMILES string of the molecule is CC(C)(C)OC(=O)N1CCO[C@H](COc2cc(Cl)cc3ncccc23)C1. The topological polar surface area (TPSA) is 60.9 Å². The fourth-order valence-corrected chi connectivity index (χ4v) is 2.93. The number of ether oxygens (including phenoxy) is 3. The molecule has 6 nitrogen and oxygen atoms in total. The average molecular weight is 379 g/mol. The van der Waals surface area contributed by atoms with Crippen molar-refractivity contribution in [3.05, 3.63) is 35.5 Å². The van der Waals surface area contributed by atoms with Crippen molar-refractivity contribution in [3.8, 4) is 5.75 Å². The number of benzene rings is 1. The zero-order chi connectivity index (χ0) is 18.7. The van der Waals surface area contributed by atoms with Crippen LogP contribution >= 0.6 is 11.6 Å². The highest BCUT2D eigenvalue weighted by Crippen LogP contribution is 2.29. The van der Waals surface area contributed by atoms with Crippen LogP contribution in [0.2, 0.25) is 5.02 Å². The molecule has 0 spiro atoms. The van der Waals surface area contributed by atoms with Gasteiger partial charge in [-0.15, -0.1) is 0 Å². The summed E-state index contributed by atoms with van der Waals surface area (Å²) in [6, 6.07) is 7.35. The number of pyridine rings is 1. The molecule has 26 heavy (non-hydrogen) atoms. The maximum Gasteiger partial charge on any atom is 0.410 e. The Hall–Kier alpha value is -2.05. The van der Waals surface area contributed by atoms with Gasteiger partial charge in [-0.25, -0.2) is 4.79 Å². The van der Waals surface area contributed by atoms with Gasteiger partial charge in [0.2, 0.25) is 0 Å². The van der Waals surface area contributed by atoms with Gasteiger partial charge in [0.25, 0.3) is 0 Å². The maximum atomic E-state index is 12.2. The zero-order valence-electron chi connectivity index (χ0n) is 15.2. The van der Waals surface area contributed by atoms with Crippen molar-refractivity contribution in [2.24, 2.45) is 0 Å². The lowest BCUT2D eigenvalue weighted by molar-refractivity contribution is -0.0555. The zero-order valence-corrected chi connectivity index (χ0v) is 16.0. The van der Waals surface area contributed by atoms with Gasteiger partial charge < -0.3 is 19.1 Å². The van der Waals surface area contributed by atoms with Crippen LogP contribution in [0.3, 0.4) is 0 Å². The second-order valence-electron chi connectivity index (χ2n) is 7.20. The molecule has 1 aromatic heterocycles. The van der Waals surface area contributed by atoms with Crippen molar-refractivity contribution in [3.63, 3.8) is 0 Å². The van der Waals surface area contributed by atoms with E-state index < -0.39 is 5.60 Å². The summed E-state index contributed by atoms with van der Waals surface area (Å²) in [6.07, 6.45) is 1.15. The van der Waals surface area contributed by atoms with E-state index in [0.717, 1.165) is 10.9 Å². The van der Waals surface area contributed by atoms with Gasteiger partial charge in [0, 0.05) is 23.2 Å². The van der Waals surface area contributed by atoms with Crippen LogP contribution in [0.4, 0.5) is 4.79 Å². The van der Waals surface area contributed by atoms with Crippen LogP contribution in [-0.4, -0.2) is 54.0 Å². The quantitative estimate of drug-likeness (QED) is 0.810. The molecule has 7 heteroatoms. The summed E-state index contributed by atoms with van der Waals surface area (Å²) in [4.78, 5) is 18.2. The summed E-state index contributed by atoms with van der Waals surface area (Å²) in [6.45, 7) is 7.24. The Balaban J connectivity index is 1.64. The molecule has 1 amide bonds. The molecule has 0 saturated carbocycles. The molecule has 1 aromatic carbocycles. The third-order valence-electron chi connectivity index (χ3n) is 3.86. The van der Waals surface area contributed by atoms with E-state index in [4.69, 9.17) is 25.8 Å². The monoisotopic (exact) mass is 378 g/mol. The molecule has 2 aromatic rings. The lowest BCUT2D eigenvalue weighted by Gasteiger charge is -2.34. The van der Waals surface area contributed by atoms with Crippen molar-refractivity contribution in [1.29, 1.82) is 0 Å². The van der Waals surface area contributed by atoms with Gasteiger partial charge in [0.05, 0.1) is 18.7 Å². The second-order valence-corrected chi connectivity index (χ2v) is 7.64. The van der Waals surface area contributed by atoms with Crippen LogP contribution in [0.25, 0.3) is 10.9 Å². The van der Waals surface area contributed by atoms with Crippen molar-refractivity contribution >= 4 is 28.6 Å². The van der Waals surface area contributed by atoms with E-state index in [1.54, 1.807) is 23.2 Å². The van der Waals surface area contributed by atoms with Crippen LogP contribution < -0.4 is 4.74 Å². The van der Waals surface area contributed by atoms with Crippen LogP contribution in [0.1, 0.15) is 20.8 Å².